The molecule has 0 N–H and O–H groups in total. The van der Waals surface area contributed by atoms with Gasteiger partial charge < -0.3 is 4.74 Å². The molecule has 0 radical (unpaired) electrons. The number of methoxy groups -OCH3 is 1. The maximum Gasteiger partial charge on any atom is 0.260 e. The van der Waals surface area contributed by atoms with E-state index in [1.165, 1.54) is 11.3 Å². The van der Waals surface area contributed by atoms with E-state index in [-0.39, 0.29) is 5.91 Å². The molecule has 1 amide bonds. The molecule has 4 aromatic rings. The van der Waals surface area contributed by atoms with Crippen molar-refractivity contribution in [3.05, 3.63) is 84.2 Å². The van der Waals surface area contributed by atoms with Gasteiger partial charge in [-0.15, -0.1) is 0 Å². The number of carbonyl (C=O) groups is 1. The topological polar surface area (TPSA) is 55.3 Å². The zero-order chi connectivity index (χ0) is 18.6. The van der Waals surface area contributed by atoms with Gasteiger partial charge in [0.25, 0.3) is 5.91 Å². The molecule has 0 saturated heterocycles. The SMILES string of the molecule is COc1ccc2sc(N(Cc3ccccn3)C(=O)c3ccccc3)nc2c1. The predicted octanol–water partition coefficient (Wildman–Crippen LogP) is 4.55. The maximum absolute atomic E-state index is 13.2. The average molecular weight is 375 g/mol. The second kappa shape index (κ2) is 7.55. The van der Waals surface area contributed by atoms with E-state index < -0.39 is 0 Å². The van der Waals surface area contributed by atoms with Crippen molar-refractivity contribution in [1.82, 2.24) is 9.97 Å². The Hall–Kier alpha value is -3.25. The summed E-state index contributed by atoms with van der Waals surface area (Å²) >= 11 is 1.48. The number of benzene rings is 2. The third-order valence-corrected chi connectivity index (χ3v) is 5.19. The first-order valence-electron chi connectivity index (χ1n) is 8.46. The molecule has 6 heteroatoms. The van der Waals surface area contributed by atoms with Crippen LogP contribution in [0.4, 0.5) is 5.13 Å². The minimum Gasteiger partial charge on any atom is -0.497 e. The van der Waals surface area contributed by atoms with Gasteiger partial charge in [-0.3, -0.25) is 14.7 Å². The van der Waals surface area contributed by atoms with Crippen LogP contribution in [0.1, 0.15) is 16.1 Å². The Morgan fingerprint density at radius 3 is 2.63 bits per heavy atom. The summed E-state index contributed by atoms with van der Waals surface area (Å²) in [5.41, 5.74) is 2.23. The van der Waals surface area contributed by atoms with Crippen molar-refractivity contribution in [3.63, 3.8) is 0 Å². The highest BCUT2D eigenvalue weighted by Gasteiger charge is 2.22. The van der Waals surface area contributed by atoms with Gasteiger partial charge in [-0.05, 0) is 36.4 Å². The lowest BCUT2D eigenvalue weighted by Gasteiger charge is -2.19. The monoisotopic (exact) mass is 375 g/mol. The average Bonchev–Trinajstić information content (AvgIpc) is 3.15. The highest BCUT2D eigenvalue weighted by Crippen LogP contribution is 2.32. The summed E-state index contributed by atoms with van der Waals surface area (Å²) in [7, 11) is 1.63. The zero-order valence-electron chi connectivity index (χ0n) is 14.7. The Morgan fingerprint density at radius 2 is 1.89 bits per heavy atom. The van der Waals surface area contributed by atoms with Gasteiger partial charge in [0, 0.05) is 17.8 Å². The lowest BCUT2D eigenvalue weighted by Crippen LogP contribution is -2.30. The first-order valence-corrected chi connectivity index (χ1v) is 9.27. The van der Waals surface area contributed by atoms with E-state index in [9.17, 15) is 4.79 Å². The summed E-state index contributed by atoms with van der Waals surface area (Å²) in [6, 6.07) is 20.6. The van der Waals surface area contributed by atoms with Crippen molar-refractivity contribution >= 4 is 32.6 Å². The predicted molar refractivity (Wildman–Crippen MR) is 107 cm³/mol. The van der Waals surface area contributed by atoms with Crippen LogP contribution in [0.25, 0.3) is 10.2 Å². The van der Waals surface area contributed by atoms with Crippen molar-refractivity contribution in [2.24, 2.45) is 0 Å². The maximum atomic E-state index is 13.2. The number of hydrogen-bond donors (Lipinski definition) is 0. The molecule has 0 aliphatic heterocycles. The van der Waals surface area contributed by atoms with E-state index in [1.54, 1.807) is 18.2 Å². The van der Waals surface area contributed by atoms with Gasteiger partial charge in [-0.25, -0.2) is 4.98 Å². The lowest BCUT2D eigenvalue weighted by molar-refractivity contribution is 0.0985. The van der Waals surface area contributed by atoms with E-state index in [1.807, 2.05) is 66.7 Å². The standard InChI is InChI=1S/C21H17N3O2S/c1-26-17-10-11-19-18(13-17)23-21(27-19)24(14-16-9-5-6-12-22-16)20(25)15-7-3-2-4-8-15/h2-13H,14H2,1H3. The number of anilines is 1. The second-order valence-corrected chi connectivity index (χ2v) is 6.92. The van der Waals surface area contributed by atoms with Crippen molar-refractivity contribution in [2.45, 2.75) is 6.54 Å². The molecule has 0 fully saturated rings. The Kier molecular flexibility index (Phi) is 4.80. The van der Waals surface area contributed by atoms with Crippen LogP contribution in [0.5, 0.6) is 5.75 Å². The highest BCUT2D eigenvalue weighted by atomic mass is 32.1. The first kappa shape index (κ1) is 17.2. The fourth-order valence-electron chi connectivity index (χ4n) is 2.75. The Labute approximate surface area is 160 Å². The number of rotatable bonds is 5. The third kappa shape index (κ3) is 3.66. The molecule has 134 valence electrons. The molecule has 0 aliphatic rings. The van der Waals surface area contributed by atoms with E-state index in [0.29, 0.717) is 17.2 Å². The van der Waals surface area contributed by atoms with Crippen LogP contribution in [0, 0.1) is 0 Å². The van der Waals surface area contributed by atoms with Gasteiger partial charge >= 0.3 is 0 Å². The molecule has 0 unspecified atom stereocenters. The van der Waals surface area contributed by atoms with Crippen molar-refractivity contribution < 1.29 is 9.53 Å². The Balaban J connectivity index is 1.76. The number of amides is 1. The number of nitrogens with zero attached hydrogens (tertiary/aromatic N) is 3. The van der Waals surface area contributed by atoms with Crippen LogP contribution < -0.4 is 9.64 Å². The molecule has 0 bridgehead atoms. The molecule has 0 saturated carbocycles. The van der Waals surface area contributed by atoms with E-state index in [2.05, 4.69) is 9.97 Å². The fourth-order valence-corrected chi connectivity index (χ4v) is 3.70. The molecule has 0 atom stereocenters. The van der Waals surface area contributed by atoms with Gasteiger partial charge in [-0.2, -0.15) is 0 Å². The number of fused-ring (bicyclic) bond motifs is 1. The van der Waals surface area contributed by atoms with Crippen molar-refractivity contribution in [1.29, 1.82) is 0 Å². The number of ether oxygens (including phenoxy) is 1. The summed E-state index contributed by atoms with van der Waals surface area (Å²) in [6.07, 6.45) is 1.73. The van der Waals surface area contributed by atoms with Crippen molar-refractivity contribution in [2.75, 3.05) is 12.0 Å². The van der Waals surface area contributed by atoms with Crippen molar-refractivity contribution in [3.8, 4) is 5.75 Å². The van der Waals surface area contributed by atoms with Crippen LogP contribution >= 0.6 is 11.3 Å². The van der Waals surface area contributed by atoms with Gasteiger partial charge in [0.2, 0.25) is 0 Å². The third-order valence-electron chi connectivity index (χ3n) is 4.13. The number of thiazole rings is 1. The van der Waals surface area contributed by atoms with E-state index in [0.717, 1.165) is 21.7 Å². The van der Waals surface area contributed by atoms with Gasteiger partial charge in [0.15, 0.2) is 5.13 Å². The molecule has 2 aromatic heterocycles. The minimum atomic E-state index is -0.104. The van der Waals surface area contributed by atoms with Crippen LogP contribution in [-0.4, -0.2) is 23.0 Å². The quantitative estimate of drug-likeness (QED) is 0.514. The molecule has 27 heavy (non-hydrogen) atoms. The summed E-state index contributed by atoms with van der Waals surface area (Å²) in [4.78, 5) is 23.9. The van der Waals surface area contributed by atoms with E-state index >= 15 is 0 Å². The van der Waals surface area contributed by atoms with Crippen LogP contribution in [-0.2, 0) is 6.54 Å². The number of aromatic nitrogens is 2. The molecular weight excluding hydrogens is 358 g/mol. The number of pyridine rings is 1. The zero-order valence-corrected chi connectivity index (χ0v) is 15.5. The molecule has 0 aliphatic carbocycles. The summed E-state index contributed by atoms with van der Waals surface area (Å²) in [5, 5.41) is 0.637. The summed E-state index contributed by atoms with van der Waals surface area (Å²) in [5.74, 6) is 0.636. The van der Waals surface area contributed by atoms with Crippen LogP contribution in [0.15, 0.2) is 72.9 Å². The number of carbonyl (C=O) groups excluding carboxylic acids is 1. The molecule has 4 rings (SSSR count). The molecular formula is C21H17N3O2S. The van der Waals surface area contributed by atoms with Gasteiger partial charge in [0.1, 0.15) is 5.75 Å². The summed E-state index contributed by atoms with van der Waals surface area (Å²) in [6.45, 7) is 0.353. The largest absolute Gasteiger partial charge is 0.497 e. The fraction of sp³-hybridized carbons (Fsp3) is 0.0952. The first-order chi connectivity index (χ1) is 13.2. The van der Waals surface area contributed by atoms with Crippen LogP contribution in [0.2, 0.25) is 0 Å². The minimum absolute atomic E-state index is 0.104. The van der Waals surface area contributed by atoms with Gasteiger partial charge in [0.05, 0.1) is 29.6 Å². The Morgan fingerprint density at radius 1 is 1.07 bits per heavy atom. The van der Waals surface area contributed by atoms with Crippen LogP contribution in [0.3, 0.4) is 0 Å². The van der Waals surface area contributed by atoms with E-state index in [4.69, 9.17) is 4.74 Å². The summed E-state index contributed by atoms with van der Waals surface area (Å²) < 4.78 is 6.28. The second-order valence-electron chi connectivity index (χ2n) is 5.91. The molecule has 5 nitrogen and oxygen atoms in total. The number of hydrogen-bond acceptors (Lipinski definition) is 5. The molecule has 0 spiro atoms. The van der Waals surface area contributed by atoms with Gasteiger partial charge in [-0.1, -0.05) is 35.6 Å². The molecule has 2 aromatic carbocycles. The highest BCUT2D eigenvalue weighted by molar-refractivity contribution is 7.22. The molecule has 2 heterocycles. The smallest absolute Gasteiger partial charge is 0.260 e. The lowest BCUT2D eigenvalue weighted by atomic mass is 10.2. The Bertz CT molecular complexity index is 1060. The normalized spacial score (nSPS) is 10.7.